The highest BCUT2D eigenvalue weighted by molar-refractivity contribution is 7.13. The number of likely N-dealkylation sites (tertiary alicyclic amines) is 1. The van der Waals surface area contributed by atoms with E-state index in [4.69, 9.17) is 4.74 Å². The highest BCUT2D eigenvalue weighted by atomic mass is 35.5. The van der Waals surface area contributed by atoms with Gasteiger partial charge in [-0.1, -0.05) is 30.3 Å². The van der Waals surface area contributed by atoms with Crippen LogP contribution < -0.4 is 4.74 Å². The summed E-state index contributed by atoms with van der Waals surface area (Å²) in [5, 5.41) is 11.3. The van der Waals surface area contributed by atoms with Crippen molar-refractivity contribution in [1.29, 1.82) is 5.26 Å². The highest BCUT2D eigenvalue weighted by Crippen LogP contribution is 2.42. The lowest BCUT2D eigenvalue weighted by Gasteiger charge is -2.27. The van der Waals surface area contributed by atoms with Crippen LogP contribution in [0.2, 0.25) is 0 Å². The Bertz CT molecular complexity index is 1010. The molecule has 3 heterocycles. The van der Waals surface area contributed by atoms with E-state index in [1.54, 1.807) is 11.3 Å². The Morgan fingerprint density at radius 3 is 2.72 bits per heavy atom. The molecule has 2 aliphatic heterocycles. The smallest absolute Gasteiger partial charge is 0.122 e. The molecule has 1 fully saturated rings. The fraction of sp³-hybridized carbons (Fsp3) is 0.292. The van der Waals surface area contributed by atoms with Crippen LogP contribution in [-0.2, 0) is 6.42 Å². The molecule has 29 heavy (non-hydrogen) atoms. The minimum Gasteiger partial charge on any atom is -0.493 e. The van der Waals surface area contributed by atoms with E-state index in [0.717, 1.165) is 44.0 Å². The van der Waals surface area contributed by atoms with Crippen molar-refractivity contribution in [1.82, 2.24) is 4.90 Å². The Kier molecular flexibility index (Phi) is 5.91. The number of thiophene rings is 1. The number of ether oxygens (including phenoxy) is 1. The minimum atomic E-state index is 0. The molecule has 1 aromatic heterocycles. The Morgan fingerprint density at radius 1 is 1.10 bits per heavy atom. The van der Waals surface area contributed by atoms with Crippen LogP contribution in [0.3, 0.4) is 0 Å². The van der Waals surface area contributed by atoms with Gasteiger partial charge in [0, 0.05) is 41.9 Å². The first kappa shape index (κ1) is 20.0. The Labute approximate surface area is 182 Å². The molecule has 3 nitrogen and oxygen atoms in total. The molecule has 2 aromatic carbocycles. The quantitative estimate of drug-likeness (QED) is 0.567. The van der Waals surface area contributed by atoms with Gasteiger partial charge in [-0.25, -0.2) is 0 Å². The van der Waals surface area contributed by atoms with Crippen molar-refractivity contribution in [3.05, 3.63) is 76.7 Å². The number of hydrogen-bond acceptors (Lipinski definition) is 4. The molecule has 0 saturated carbocycles. The fourth-order valence-electron chi connectivity index (χ4n) is 4.47. The van der Waals surface area contributed by atoms with Crippen molar-refractivity contribution in [2.24, 2.45) is 5.92 Å². The lowest BCUT2D eigenvalue weighted by atomic mass is 9.86. The van der Waals surface area contributed by atoms with E-state index >= 15 is 0 Å². The molecule has 0 unspecified atom stereocenters. The fourth-order valence-corrected chi connectivity index (χ4v) is 5.20. The molecular formula is C24H23ClN2OS. The van der Waals surface area contributed by atoms with E-state index in [0.29, 0.717) is 11.8 Å². The van der Waals surface area contributed by atoms with Crippen LogP contribution in [0, 0.1) is 17.2 Å². The van der Waals surface area contributed by atoms with Gasteiger partial charge in [0.1, 0.15) is 5.75 Å². The summed E-state index contributed by atoms with van der Waals surface area (Å²) in [4.78, 5) is 3.88. The van der Waals surface area contributed by atoms with Crippen molar-refractivity contribution in [2.45, 2.75) is 12.3 Å². The van der Waals surface area contributed by atoms with Crippen molar-refractivity contribution < 1.29 is 4.74 Å². The molecule has 0 radical (unpaired) electrons. The number of fused-ring (bicyclic) bond motifs is 3. The number of halogens is 1. The maximum absolute atomic E-state index is 9.22. The normalized spacial score (nSPS) is 20.1. The van der Waals surface area contributed by atoms with Gasteiger partial charge in [0.25, 0.3) is 0 Å². The molecule has 1 saturated heterocycles. The summed E-state index contributed by atoms with van der Waals surface area (Å²) in [5.74, 6) is 1.98. The molecule has 0 N–H and O–H groups in total. The van der Waals surface area contributed by atoms with Crippen molar-refractivity contribution in [3.8, 4) is 22.3 Å². The summed E-state index contributed by atoms with van der Waals surface area (Å²) >= 11 is 1.78. The number of hydrogen-bond donors (Lipinski definition) is 0. The monoisotopic (exact) mass is 422 g/mol. The predicted octanol–water partition coefficient (Wildman–Crippen LogP) is 5.36. The molecule has 2 atom stereocenters. The standard InChI is InChI=1S/C24H22N2OS.ClH/c25-13-18-5-8-23-21(12-18)22-15-26(14-20(22)16-27-23)10-9-17-3-6-19(7-4-17)24-2-1-11-28-24;/h1-8,11-12,20,22H,9-10,14-16H2;1H/t20-,22+;/m1./s1. The van der Waals surface area contributed by atoms with Gasteiger partial charge in [-0.2, -0.15) is 5.26 Å². The van der Waals surface area contributed by atoms with Gasteiger partial charge in [-0.05, 0) is 47.2 Å². The lowest BCUT2D eigenvalue weighted by Crippen LogP contribution is -2.25. The Morgan fingerprint density at radius 2 is 1.97 bits per heavy atom. The van der Waals surface area contributed by atoms with Crippen molar-refractivity contribution in [3.63, 3.8) is 0 Å². The van der Waals surface area contributed by atoms with Gasteiger partial charge in [0.2, 0.25) is 0 Å². The van der Waals surface area contributed by atoms with Crippen LogP contribution in [0.5, 0.6) is 5.75 Å². The molecule has 3 aromatic rings. The maximum Gasteiger partial charge on any atom is 0.122 e. The maximum atomic E-state index is 9.22. The number of benzene rings is 2. The third-order valence-corrected chi connectivity index (χ3v) is 6.90. The van der Waals surface area contributed by atoms with Gasteiger partial charge in [-0.15, -0.1) is 23.7 Å². The van der Waals surface area contributed by atoms with Crippen LogP contribution >= 0.6 is 23.7 Å². The van der Waals surface area contributed by atoms with Crippen molar-refractivity contribution >= 4 is 23.7 Å². The average Bonchev–Trinajstić information content (AvgIpc) is 3.42. The molecule has 0 spiro atoms. The average molecular weight is 423 g/mol. The van der Waals surface area contributed by atoms with Gasteiger partial charge >= 0.3 is 0 Å². The molecule has 0 bridgehead atoms. The topological polar surface area (TPSA) is 36.3 Å². The first-order chi connectivity index (χ1) is 13.8. The van der Waals surface area contributed by atoms with E-state index in [-0.39, 0.29) is 12.4 Å². The van der Waals surface area contributed by atoms with Gasteiger partial charge < -0.3 is 9.64 Å². The SMILES string of the molecule is Cl.N#Cc1ccc2c(c1)[C@H]1CN(CCc3ccc(-c4cccs4)cc3)C[C@@H]1CO2. The van der Waals surface area contributed by atoms with Gasteiger partial charge in [0.15, 0.2) is 0 Å². The summed E-state index contributed by atoms with van der Waals surface area (Å²) < 4.78 is 5.96. The third-order valence-electron chi connectivity index (χ3n) is 5.98. The largest absolute Gasteiger partial charge is 0.493 e. The van der Waals surface area contributed by atoms with Crippen LogP contribution in [-0.4, -0.2) is 31.1 Å². The molecule has 148 valence electrons. The Balaban J connectivity index is 0.00000205. The van der Waals surface area contributed by atoms with E-state index < -0.39 is 0 Å². The zero-order valence-corrected chi connectivity index (χ0v) is 17.7. The number of rotatable bonds is 4. The third kappa shape index (κ3) is 4.04. The predicted molar refractivity (Wildman–Crippen MR) is 120 cm³/mol. The van der Waals surface area contributed by atoms with Crippen molar-refractivity contribution in [2.75, 3.05) is 26.2 Å². The highest BCUT2D eigenvalue weighted by Gasteiger charge is 2.38. The lowest BCUT2D eigenvalue weighted by molar-refractivity contribution is 0.213. The molecular weight excluding hydrogens is 400 g/mol. The second kappa shape index (κ2) is 8.59. The summed E-state index contributed by atoms with van der Waals surface area (Å²) in [5.41, 5.74) is 4.64. The minimum absolute atomic E-state index is 0. The Hall–Kier alpha value is -2.32. The van der Waals surface area contributed by atoms with Crippen LogP contribution in [0.25, 0.3) is 10.4 Å². The zero-order chi connectivity index (χ0) is 18.9. The first-order valence-corrected chi connectivity index (χ1v) is 10.7. The second-order valence-electron chi connectivity index (χ2n) is 7.73. The molecule has 2 aliphatic rings. The summed E-state index contributed by atoms with van der Waals surface area (Å²) in [6, 6.07) is 21.4. The number of nitrogens with zero attached hydrogens (tertiary/aromatic N) is 2. The summed E-state index contributed by atoms with van der Waals surface area (Å²) in [6.45, 7) is 3.99. The molecule has 5 rings (SSSR count). The van der Waals surface area contributed by atoms with Gasteiger partial charge in [0.05, 0.1) is 18.2 Å². The van der Waals surface area contributed by atoms with E-state index in [1.165, 1.54) is 21.6 Å². The van der Waals surface area contributed by atoms with E-state index in [1.807, 2.05) is 18.2 Å². The first-order valence-electron chi connectivity index (χ1n) is 9.82. The number of nitriles is 1. The van der Waals surface area contributed by atoms with E-state index in [9.17, 15) is 5.26 Å². The van der Waals surface area contributed by atoms with Crippen LogP contribution in [0.15, 0.2) is 60.0 Å². The van der Waals surface area contributed by atoms with E-state index in [2.05, 4.69) is 52.7 Å². The van der Waals surface area contributed by atoms with Crippen LogP contribution in [0.4, 0.5) is 0 Å². The molecule has 0 amide bonds. The molecule has 5 heteroatoms. The second-order valence-corrected chi connectivity index (χ2v) is 8.67. The van der Waals surface area contributed by atoms with Gasteiger partial charge in [-0.3, -0.25) is 0 Å². The summed E-state index contributed by atoms with van der Waals surface area (Å²) in [6.07, 6.45) is 1.07. The summed E-state index contributed by atoms with van der Waals surface area (Å²) in [7, 11) is 0. The van der Waals surface area contributed by atoms with Crippen LogP contribution in [0.1, 0.15) is 22.6 Å². The zero-order valence-electron chi connectivity index (χ0n) is 16.1. The molecule has 0 aliphatic carbocycles.